The lowest BCUT2D eigenvalue weighted by Crippen LogP contribution is -2.11. The molecule has 0 fully saturated rings. The highest BCUT2D eigenvalue weighted by Crippen LogP contribution is 2.25. The van der Waals surface area contributed by atoms with Crippen molar-refractivity contribution in [1.29, 1.82) is 0 Å². The lowest BCUT2D eigenvalue weighted by molar-refractivity contribution is 0.658. The van der Waals surface area contributed by atoms with E-state index in [1.807, 2.05) is 10.9 Å². The number of aryl methyl sites for hydroxylation is 2. The van der Waals surface area contributed by atoms with Gasteiger partial charge >= 0.3 is 0 Å². The van der Waals surface area contributed by atoms with Crippen LogP contribution in [-0.2, 0) is 6.54 Å². The molecule has 0 spiro atoms. The summed E-state index contributed by atoms with van der Waals surface area (Å²) < 4.78 is 1.95. The summed E-state index contributed by atoms with van der Waals surface area (Å²) in [6, 6.07) is 6.71. The molecule has 4 heteroatoms. The van der Waals surface area contributed by atoms with E-state index in [2.05, 4.69) is 74.6 Å². The fraction of sp³-hybridized carbons (Fsp3) is 0.438. The molecule has 4 nitrogen and oxygen atoms in total. The van der Waals surface area contributed by atoms with Crippen molar-refractivity contribution in [3.63, 3.8) is 0 Å². The first kappa shape index (κ1) is 14.4. The molecule has 1 atom stereocenters. The Morgan fingerprint density at radius 1 is 1.35 bits per heavy atom. The predicted octanol–water partition coefficient (Wildman–Crippen LogP) is 3.45. The van der Waals surface area contributed by atoms with Crippen LogP contribution in [0.3, 0.4) is 0 Å². The maximum absolute atomic E-state index is 4.33. The van der Waals surface area contributed by atoms with E-state index in [4.69, 9.17) is 0 Å². The number of benzene rings is 1. The number of aromatic nitrogens is 2. The third kappa shape index (κ3) is 3.13. The number of nitrogens with zero attached hydrogens (tertiary/aromatic N) is 3. The van der Waals surface area contributed by atoms with Crippen LogP contribution in [0.2, 0.25) is 0 Å². The highest BCUT2D eigenvalue weighted by Gasteiger charge is 2.09. The molecular weight excluding hydrogens is 248 g/mol. The summed E-state index contributed by atoms with van der Waals surface area (Å²) in [6.07, 6.45) is 4.03. The van der Waals surface area contributed by atoms with Crippen LogP contribution in [0.5, 0.6) is 0 Å². The normalized spacial score (nSPS) is 12.2. The maximum atomic E-state index is 4.33. The van der Waals surface area contributed by atoms with Crippen LogP contribution >= 0.6 is 0 Å². The van der Waals surface area contributed by atoms with E-state index >= 15 is 0 Å². The number of nitrogens with one attached hydrogen (secondary N) is 1. The molecule has 1 N–H and O–H groups in total. The van der Waals surface area contributed by atoms with Crippen LogP contribution in [-0.4, -0.2) is 23.9 Å². The zero-order chi connectivity index (χ0) is 14.7. The van der Waals surface area contributed by atoms with Gasteiger partial charge in [-0.15, -0.1) is 0 Å². The average Bonchev–Trinajstić information content (AvgIpc) is 2.89. The van der Waals surface area contributed by atoms with Gasteiger partial charge in [0.2, 0.25) is 0 Å². The van der Waals surface area contributed by atoms with Crippen molar-refractivity contribution in [2.75, 3.05) is 24.3 Å². The monoisotopic (exact) mass is 272 g/mol. The minimum Gasteiger partial charge on any atom is -0.378 e. The van der Waals surface area contributed by atoms with Gasteiger partial charge in [0.05, 0.1) is 12.2 Å². The topological polar surface area (TPSA) is 33.1 Å². The molecule has 1 heterocycles. The van der Waals surface area contributed by atoms with Crippen LogP contribution in [0.15, 0.2) is 30.6 Å². The zero-order valence-corrected chi connectivity index (χ0v) is 13.0. The van der Waals surface area contributed by atoms with Gasteiger partial charge in [-0.1, -0.05) is 6.07 Å². The third-order valence-electron chi connectivity index (χ3n) is 3.55. The summed E-state index contributed by atoms with van der Waals surface area (Å²) in [6.45, 7) is 7.29. The summed E-state index contributed by atoms with van der Waals surface area (Å²) in [5.41, 5.74) is 4.87. The molecule has 0 radical (unpaired) electrons. The van der Waals surface area contributed by atoms with E-state index in [0.29, 0.717) is 0 Å². The third-order valence-corrected chi connectivity index (χ3v) is 3.55. The Labute approximate surface area is 121 Å². The molecule has 0 bridgehead atoms. The predicted molar refractivity (Wildman–Crippen MR) is 85.4 cm³/mol. The van der Waals surface area contributed by atoms with Crippen LogP contribution in [0.1, 0.15) is 31.0 Å². The van der Waals surface area contributed by atoms with E-state index in [1.165, 1.54) is 16.8 Å². The van der Waals surface area contributed by atoms with Crippen molar-refractivity contribution in [3.05, 3.63) is 41.7 Å². The van der Waals surface area contributed by atoms with Gasteiger partial charge in [-0.05, 0) is 38.5 Å². The molecule has 1 aromatic carbocycles. The Morgan fingerprint density at radius 3 is 2.70 bits per heavy atom. The second-order valence-electron chi connectivity index (χ2n) is 5.39. The fourth-order valence-electron chi connectivity index (χ4n) is 2.29. The Kier molecular flexibility index (Phi) is 4.32. The molecule has 108 valence electrons. The van der Waals surface area contributed by atoms with Gasteiger partial charge in [0.1, 0.15) is 0 Å². The molecule has 0 aliphatic carbocycles. The number of hydrogen-bond acceptors (Lipinski definition) is 3. The summed E-state index contributed by atoms with van der Waals surface area (Å²) in [7, 11) is 4.14. The van der Waals surface area contributed by atoms with Crippen molar-refractivity contribution >= 4 is 11.4 Å². The molecule has 0 amide bonds. The summed E-state index contributed by atoms with van der Waals surface area (Å²) in [4.78, 5) is 2.14. The Morgan fingerprint density at radius 2 is 2.10 bits per heavy atom. The molecule has 2 aromatic rings. The van der Waals surface area contributed by atoms with Crippen molar-refractivity contribution in [2.45, 2.75) is 33.4 Å². The largest absolute Gasteiger partial charge is 0.378 e. The van der Waals surface area contributed by atoms with E-state index < -0.39 is 0 Å². The van der Waals surface area contributed by atoms with Gasteiger partial charge in [-0.25, -0.2) is 0 Å². The number of rotatable bonds is 5. The van der Waals surface area contributed by atoms with Crippen LogP contribution < -0.4 is 10.2 Å². The first-order valence-corrected chi connectivity index (χ1v) is 7.08. The molecular formula is C16H24N4. The van der Waals surface area contributed by atoms with Crippen molar-refractivity contribution in [1.82, 2.24) is 9.78 Å². The molecule has 1 unspecified atom stereocenters. The minimum atomic E-state index is 0.244. The van der Waals surface area contributed by atoms with Crippen LogP contribution in [0.4, 0.5) is 11.4 Å². The Balaban J connectivity index is 2.15. The van der Waals surface area contributed by atoms with Crippen molar-refractivity contribution in [3.8, 4) is 0 Å². The first-order chi connectivity index (χ1) is 9.51. The van der Waals surface area contributed by atoms with Crippen LogP contribution in [0, 0.1) is 6.92 Å². The van der Waals surface area contributed by atoms with Gasteiger partial charge in [0, 0.05) is 43.8 Å². The molecule has 0 aliphatic heterocycles. The van der Waals surface area contributed by atoms with E-state index in [1.54, 1.807) is 0 Å². The molecule has 20 heavy (non-hydrogen) atoms. The van der Waals surface area contributed by atoms with Gasteiger partial charge in [0.15, 0.2) is 0 Å². The van der Waals surface area contributed by atoms with E-state index in [0.717, 1.165) is 12.2 Å². The molecule has 1 aromatic heterocycles. The summed E-state index contributed by atoms with van der Waals surface area (Å²) >= 11 is 0. The Hall–Kier alpha value is -1.97. The number of hydrogen-bond donors (Lipinski definition) is 1. The fourth-order valence-corrected chi connectivity index (χ4v) is 2.29. The van der Waals surface area contributed by atoms with Gasteiger partial charge in [0.25, 0.3) is 0 Å². The quantitative estimate of drug-likeness (QED) is 0.905. The zero-order valence-electron chi connectivity index (χ0n) is 13.0. The van der Waals surface area contributed by atoms with Gasteiger partial charge < -0.3 is 10.2 Å². The molecule has 0 aliphatic rings. The average molecular weight is 272 g/mol. The second-order valence-corrected chi connectivity index (χ2v) is 5.39. The second kappa shape index (κ2) is 5.99. The maximum Gasteiger partial charge on any atom is 0.0542 e. The lowest BCUT2D eigenvalue weighted by Gasteiger charge is -2.19. The standard InChI is InChI=1S/C16H24N4/c1-6-20-11-14(10-17-20)13(3)18-15-8-7-12(2)16(9-15)19(4)5/h7-11,13,18H,6H2,1-5H3. The Bertz CT molecular complexity index is 572. The SMILES string of the molecule is CCn1cc(C(C)Nc2ccc(C)c(N(C)C)c2)cn1. The molecule has 0 saturated heterocycles. The van der Waals surface area contributed by atoms with E-state index in [9.17, 15) is 0 Å². The first-order valence-electron chi connectivity index (χ1n) is 7.08. The van der Waals surface area contributed by atoms with E-state index in [-0.39, 0.29) is 6.04 Å². The molecule has 0 saturated carbocycles. The van der Waals surface area contributed by atoms with Gasteiger partial charge in [-0.2, -0.15) is 5.10 Å². The number of anilines is 2. The molecule has 2 rings (SSSR count). The summed E-state index contributed by atoms with van der Waals surface area (Å²) in [5.74, 6) is 0. The van der Waals surface area contributed by atoms with Crippen LogP contribution in [0.25, 0.3) is 0 Å². The summed E-state index contributed by atoms with van der Waals surface area (Å²) in [5, 5.41) is 7.86. The minimum absolute atomic E-state index is 0.244. The smallest absolute Gasteiger partial charge is 0.0542 e. The lowest BCUT2D eigenvalue weighted by atomic mass is 10.1. The highest BCUT2D eigenvalue weighted by molar-refractivity contribution is 5.62. The van der Waals surface area contributed by atoms with Crippen molar-refractivity contribution < 1.29 is 0 Å². The van der Waals surface area contributed by atoms with Crippen molar-refractivity contribution in [2.24, 2.45) is 0 Å². The highest BCUT2D eigenvalue weighted by atomic mass is 15.3. The van der Waals surface area contributed by atoms with Gasteiger partial charge in [-0.3, -0.25) is 4.68 Å².